The van der Waals surface area contributed by atoms with Gasteiger partial charge in [0.05, 0.1) is 12.3 Å². The number of halogens is 4. The molecule has 0 heterocycles. The van der Waals surface area contributed by atoms with E-state index in [1.807, 2.05) is 6.92 Å². The van der Waals surface area contributed by atoms with E-state index in [0.717, 1.165) is 0 Å². The molecule has 0 unspecified atom stereocenters. The van der Waals surface area contributed by atoms with E-state index < -0.39 is 12.1 Å². The van der Waals surface area contributed by atoms with Gasteiger partial charge in [-0.25, -0.2) is 0 Å². The van der Waals surface area contributed by atoms with Gasteiger partial charge in [-0.1, -0.05) is 18.5 Å². The highest BCUT2D eigenvalue weighted by atomic mass is 35.5. The Morgan fingerprint density at radius 2 is 2.11 bits per heavy atom. The highest BCUT2D eigenvalue weighted by molar-refractivity contribution is 6.31. The molecule has 1 rings (SSSR count). The molecule has 1 N–H and O–H groups in total. The lowest BCUT2D eigenvalue weighted by atomic mass is 10.3. The molecule has 0 fully saturated rings. The zero-order valence-corrected chi connectivity index (χ0v) is 10.2. The van der Waals surface area contributed by atoms with Crippen molar-refractivity contribution in [2.45, 2.75) is 19.5 Å². The predicted molar refractivity (Wildman–Crippen MR) is 61.9 cm³/mol. The van der Waals surface area contributed by atoms with Gasteiger partial charge in [0.1, 0.15) is 5.75 Å². The Morgan fingerprint density at radius 3 is 2.67 bits per heavy atom. The van der Waals surface area contributed by atoms with Crippen molar-refractivity contribution >= 4 is 23.2 Å². The topological polar surface area (TPSA) is 38.3 Å². The molecule has 3 nitrogen and oxygen atoms in total. The molecule has 1 aromatic rings. The fraction of sp³-hybridized carbons (Fsp3) is 0.364. The largest absolute Gasteiger partial charge is 0.491 e. The molecule has 0 aromatic heterocycles. The summed E-state index contributed by atoms with van der Waals surface area (Å²) in [6, 6.07) is 4.08. The van der Waals surface area contributed by atoms with Crippen LogP contribution in [0, 0.1) is 0 Å². The highest BCUT2D eigenvalue weighted by Gasteiger charge is 2.39. The molecule has 0 saturated heterocycles. The predicted octanol–water partition coefficient (Wildman–Crippen LogP) is 3.63. The third-order valence-corrected chi connectivity index (χ3v) is 2.14. The standard InChI is InChI=1S/C11H11ClF3NO2/c1-2-5-18-9-4-3-7(12)6-8(9)16-10(17)11(13,14)15/h3-4,6H,2,5H2,1H3,(H,16,17). The van der Waals surface area contributed by atoms with E-state index in [-0.39, 0.29) is 16.5 Å². The quantitative estimate of drug-likeness (QED) is 0.915. The van der Waals surface area contributed by atoms with Crippen molar-refractivity contribution in [2.75, 3.05) is 11.9 Å². The molecule has 100 valence electrons. The number of hydrogen-bond acceptors (Lipinski definition) is 2. The molecule has 0 spiro atoms. The van der Waals surface area contributed by atoms with Crippen LogP contribution in [0.15, 0.2) is 18.2 Å². The summed E-state index contributed by atoms with van der Waals surface area (Å²) in [6.45, 7) is 2.18. The lowest BCUT2D eigenvalue weighted by Gasteiger charge is -2.13. The van der Waals surface area contributed by atoms with Crippen LogP contribution in [-0.2, 0) is 4.79 Å². The number of ether oxygens (including phenoxy) is 1. The number of rotatable bonds is 4. The summed E-state index contributed by atoms with van der Waals surface area (Å²) < 4.78 is 41.6. The number of carbonyl (C=O) groups excluding carboxylic acids is 1. The Bertz CT molecular complexity index is 435. The Kier molecular flexibility index (Phi) is 4.84. The molecule has 0 radical (unpaired) electrons. The number of anilines is 1. The molecule has 1 amide bonds. The summed E-state index contributed by atoms with van der Waals surface area (Å²) in [5, 5.41) is 1.93. The monoisotopic (exact) mass is 281 g/mol. The molecule has 0 saturated carbocycles. The number of alkyl halides is 3. The maximum atomic E-state index is 12.1. The van der Waals surface area contributed by atoms with Crippen molar-refractivity contribution in [3.63, 3.8) is 0 Å². The summed E-state index contributed by atoms with van der Waals surface area (Å²) in [7, 11) is 0. The lowest BCUT2D eigenvalue weighted by molar-refractivity contribution is -0.167. The van der Waals surface area contributed by atoms with Gasteiger partial charge < -0.3 is 10.1 Å². The Hall–Kier alpha value is -1.43. The average Bonchev–Trinajstić information content (AvgIpc) is 2.26. The SMILES string of the molecule is CCCOc1ccc(Cl)cc1NC(=O)C(F)(F)F. The van der Waals surface area contributed by atoms with Crippen LogP contribution < -0.4 is 10.1 Å². The number of amides is 1. The van der Waals surface area contributed by atoms with E-state index in [1.54, 1.807) is 5.32 Å². The molecule has 18 heavy (non-hydrogen) atoms. The van der Waals surface area contributed by atoms with Gasteiger partial charge in [-0.3, -0.25) is 4.79 Å². The second kappa shape index (κ2) is 5.95. The summed E-state index contributed by atoms with van der Waals surface area (Å²) in [4.78, 5) is 10.8. The zero-order chi connectivity index (χ0) is 13.8. The molecular formula is C11H11ClF3NO2. The van der Waals surface area contributed by atoms with Crippen molar-refractivity contribution < 1.29 is 22.7 Å². The molecular weight excluding hydrogens is 271 g/mol. The fourth-order valence-corrected chi connectivity index (χ4v) is 1.30. The first-order valence-electron chi connectivity index (χ1n) is 5.15. The van der Waals surface area contributed by atoms with Gasteiger partial charge in [-0.15, -0.1) is 0 Å². The molecule has 0 aliphatic carbocycles. The molecule has 0 atom stereocenters. The van der Waals surface area contributed by atoms with Crippen molar-refractivity contribution in [3.8, 4) is 5.75 Å². The van der Waals surface area contributed by atoms with Gasteiger partial charge in [-0.05, 0) is 24.6 Å². The first kappa shape index (κ1) is 14.6. The second-order valence-electron chi connectivity index (χ2n) is 3.44. The molecule has 7 heteroatoms. The van der Waals surface area contributed by atoms with Crippen LogP contribution in [-0.4, -0.2) is 18.7 Å². The van der Waals surface area contributed by atoms with Crippen LogP contribution in [0.2, 0.25) is 5.02 Å². The molecule has 0 bridgehead atoms. The summed E-state index contributed by atoms with van der Waals surface area (Å²) in [6.07, 6.45) is -4.26. The number of hydrogen-bond donors (Lipinski definition) is 1. The normalized spacial score (nSPS) is 11.2. The minimum atomic E-state index is -4.95. The Morgan fingerprint density at radius 1 is 1.44 bits per heavy atom. The smallest absolute Gasteiger partial charge is 0.471 e. The summed E-state index contributed by atoms with van der Waals surface area (Å²) in [5.74, 6) is -1.91. The van der Waals surface area contributed by atoms with Crippen molar-refractivity contribution in [3.05, 3.63) is 23.2 Å². The van der Waals surface area contributed by atoms with E-state index in [9.17, 15) is 18.0 Å². The van der Waals surface area contributed by atoms with Crippen LogP contribution in [0.5, 0.6) is 5.75 Å². The Labute approximate surface area is 107 Å². The van der Waals surface area contributed by atoms with Crippen molar-refractivity contribution in [2.24, 2.45) is 0 Å². The van der Waals surface area contributed by atoms with Crippen molar-refractivity contribution in [1.29, 1.82) is 0 Å². The lowest BCUT2D eigenvalue weighted by Crippen LogP contribution is -2.30. The third-order valence-electron chi connectivity index (χ3n) is 1.91. The van der Waals surface area contributed by atoms with Crippen LogP contribution in [0.4, 0.5) is 18.9 Å². The second-order valence-corrected chi connectivity index (χ2v) is 3.88. The van der Waals surface area contributed by atoms with Gasteiger partial charge in [0.25, 0.3) is 0 Å². The third kappa shape index (κ3) is 4.10. The van der Waals surface area contributed by atoms with Crippen LogP contribution in [0.3, 0.4) is 0 Å². The Balaban J connectivity index is 2.91. The van der Waals surface area contributed by atoms with E-state index in [1.165, 1.54) is 18.2 Å². The maximum absolute atomic E-state index is 12.1. The fourth-order valence-electron chi connectivity index (χ4n) is 1.13. The van der Waals surface area contributed by atoms with E-state index >= 15 is 0 Å². The number of carbonyl (C=O) groups is 1. The first-order valence-corrected chi connectivity index (χ1v) is 5.53. The minimum absolute atomic E-state index is 0.0988. The highest BCUT2D eigenvalue weighted by Crippen LogP contribution is 2.29. The van der Waals surface area contributed by atoms with Crippen LogP contribution in [0.25, 0.3) is 0 Å². The minimum Gasteiger partial charge on any atom is -0.491 e. The molecule has 1 aromatic carbocycles. The van der Waals surface area contributed by atoms with Gasteiger partial charge in [-0.2, -0.15) is 13.2 Å². The van der Waals surface area contributed by atoms with Crippen molar-refractivity contribution in [1.82, 2.24) is 0 Å². The van der Waals surface area contributed by atoms with Gasteiger partial charge in [0, 0.05) is 5.02 Å². The van der Waals surface area contributed by atoms with E-state index in [0.29, 0.717) is 13.0 Å². The van der Waals surface area contributed by atoms with Gasteiger partial charge in [0.15, 0.2) is 0 Å². The number of benzene rings is 1. The zero-order valence-electron chi connectivity index (χ0n) is 9.47. The van der Waals surface area contributed by atoms with Gasteiger partial charge in [0.2, 0.25) is 0 Å². The summed E-state index contributed by atoms with van der Waals surface area (Å²) >= 11 is 5.66. The van der Waals surface area contributed by atoms with E-state index in [2.05, 4.69) is 0 Å². The maximum Gasteiger partial charge on any atom is 0.471 e. The average molecular weight is 282 g/mol. The summed E-state index contributed by atoms with van der Waals surface area (Å²) in [5.41, 5.74) is -0.0988. The molecule has 0 aliphatic rings. The number of nitrogens with one attached hydrogen (secondary N) is 1. The van der Waals surface area contributed by atoms with Crippen LogP contribution in [0.1, 0.15) is 13.3 Å². The van der Waals surface area contributed by atoms with E-state index in [4.69, 9.17) is 16.3 Å². The first-order chi connectivity index (χ1) is 8.34. The molecule has 0 aliphatic heterocycles. The van der Waals surface area contributed by atoms with Crippen LogP contribution >= 0.6 is 11.6 Å². The van der Waals surface area contributed by atoms with Gasteiger partial charge >= 0.3 is 12.1 Å².